The van der Waals surface area contributed by atoms with Crippen LogP contribution >= 0.6 is 0 Å². The Morgan fingerprint density at radius 1 is 1.17 bits per heavy atom. The molecule has 30 heavy (non-hydrogen) atoms. The van der Waals surface area contributed by atoms with Gasteiger partial charge in [0.2, 0.25) is 0 Å². The molecule has 1 amide bonds. The van der Waals surface area contributed by atoms with E-state index in [1.54, 1.807) is 44.1 Å². The van der Waals surface area contributed by atoms with Crippen molar-refractivity contribution in [1.82, 2.24) is 4.90 Å². The standard InChI is InChI=1S/C22H25N5O3/c1-4-30-22(29)18-12-17-11-16(9-10-19(17)24-20(13-18)25-26-23)14-5-7-15(8-6-14)21(28)27(2)3/h5-12,20,24H,4,13H2,1-3H3,(H2,23,25). The molecule has 8 nitrogen and oxygen atoms in total. The summed E-state index contributed by atoms with van der Waals surface area (Å²) in [5, 5.41) is 10.6. The second-order valence-electron chi connectivity index (χ2n) is 7.06. The van der Waals surface area contributed by atoms with Crippen molar-refractivity contribution in [3.63, 3.8) is 0 Å². The molecule has 0 saturated carbocycles. The Morgan fingerprint density at radius 3 is 2.50 bits per heavy atom. The Kier molecular flexibility index (Phi) is 6.46. The fourth-order valence-electron chi connectivity index (χ4n) is 3.26. The monoisotopic (exact) mass is 407 g/mol. The Balaban J connectivity index is 1.97. The maximum Gasteiger partial charge on any atom is 0.334 e. The number of fused-ring (bicyclic) bond motifs is 1. The molecule has 2 aromatic carbocycles. The number of hydrogen-bond donors (Lipinski definition) is 2. The third kappa shape index (κ3) is 4.65. The van der Waals surface area contributed by atoms with E-state index in [0.717, 1.165) is 22.4 Å². The van der Waals surface area contributed by atoms with Crippen LogP contribution in [0.15, 0.2) is 58.4 Å². The molecule has 156 valence electrons. The van der Waals surface area contributed by atoms with E-state index < -0.39 is 6.17 Å². The van der Waals surface area contributed by atoms with Gasteiger partial charge in [0.1, 0.15) is 6.17 Å². The van der Waals surface area contributed by atoms with Gasteiger partial charge in [0.25, 0.3) is 5.91 Å². The van der Waals surface area contributed by atoms with E-state index in [0.29, 0.717) is 17.6 Å². The molecule has 1 aliphatic rings. The number of anilines is 1. The van der Waals surface area contributed by atoms with E-state index in [4.69, 9.17) is 10.6 Å². The third-order valence-electron chi connectivity index (χ3n) is 4.73. The van der Waals surface area contributed by atoms with E-state index in [9.17, 15) is 9.59 Å². The zero-order valence-electron chi connectivity index (χ0n) is 17.3. The zero-order valence-corrected chi connectivity index (χ0v) is 17.3. The molecule has 0 fully saturated rings. The Hall–Kier alpha value is -3.68. The second kappa shape index (κ2) is 9.21. The van der Waals surface area contributed by atoms with E-state index in [1.165, 1.54) is 0 Å². The number of benzene rings is 2. The summed E-state index contributed by atoms with van der Waals surface area (Å²) in [4.78, 5) is 26.0. The molecule has 8 heteroatoms. The summed E-state index contributed by atoms with van der Waals surface area (Å²) < 4.78 is 5.17. The van der Waals surface area contributed by atoms with Crippen molar-refractivity contribution >= 4 is 23.6 Å². The molecule has 0 aliphatic carbocycles. The highest BCUT2D eigenvalue weighted by atomic mass is 16.5. The molecule has 1 aliphatic heterocycles. The molecule has 3 N–H and O–H groups in total. The Labute approximate surface area is 175 Å². The smallest absolute Gasteiger partial charge is 0.334 e. The van der Waals surface area contributed by atoms with Crippen LogP contribution in [-0.4, -0.2) is 43.6 Å². The first kappa shape index (κ1) is 21.0. The highest BCUT2D eigenvalue weighted by Crippen LogP contribution is 2.31. The van der Waals surface area contributed by atoms with Gasteiger partial charge in [-0.15, -0.1) is 5.11 Å². The molecule has 1 atom stereocenters. The number of nitrogens with two attached hydrogens (primary N) is 1. The van der Waals surface area contributed by atoms with Crippen LogP contribution in [-0.2, 0) is 9.53 Å². The summed E-state index contributed by atoms with van der Waals surface area (Å²) >= 11 is 0. The Bertz CT molecular complexity index is 996. The van der Waals surface area contributed by atoms with E-state index in [1.807, 2.05) is 30.3 Å². The van der Waals surface area contributed by atoms with Gasteiger partial charge >= 0.3 is 5.97 Å². The third-order valence-corrected chi connectivity index (χ3v) is 4.73. The summed E-state index contributed by atoms with van der Waals surface area (Å²) in [5.41, 5.74) is 4.68. The van der Waals surface area contributed by atoms with Crippen molar-refractivity contribution < 1.29 is 14.3 Å². The Morgan fingerprint density at radius 2 is 1.87 bits per heavy atom. The van der Waals surface area contributed by atoms with Crippen LogP contribution in [0.4, 0.5) is 5.69 Å². The van der Waals surface area contributed by atoms with Crippen molar-refractivity contribution in [3.05, 3.63) is 59.2 Å². The highest BCUT2D eigenvalue weighted by molar-refractivity contribution is 5.96. The molecule has 0 radical (unpaired) electrons. The van der Waals surface area contributed by atoms with Crippen molar-refractivity contribution in [1.29, 1.82) is 0 Å². The van der Waals surface area contributed by atoms with Gasteiger partial charge in [0.05, 0.1) is 6.61 Å². The number of nitrogens with zero attached hydrogens (tertiary/aromatic N) is 3. The van der Waals surface area contributed by atoms with Gasteiger partial charge in [-0.25, -0.2) is 4.79 Å². The number of ether oxygens (including phenoxy) is 1. The number of rotatable bonds is 5. The van der Waals surface area contributed by atoms with Crippen LogP contribution in [0.25, 0.3) is 17.2 Å². The predicted octanol–water partition coefficient (Wildman–Crippen LogP) is 3.47. The minimum atomic E-state index is -0.464. The number of amides is 1. The van der Waals surface area contributed by atoms with Crippen molar-refractivity contribution in [2.45, 2.75) is 19.5 Å². The second-order valence-corrected chi connectivity index (χ2v) is 7.06. The largest absolute Gasteiger partial charge is 0.463 e. The van der Waals surface area contributed by atoms with Gasteiger partial charge in [-0.05, 0) is 54.0 Å². The molecule has 1 heterocycles. The summed E-state index contributed by atoms with van der Waals surface area (Å²) in [6.45, 7) is 2.05. The van der Waals surface area contributed by atoms with E-state index in [-0.39, 0.29) is 18.5 Å². The van der Waals surface area contributed by atoms with Gasteiger partial charge < -0.3 is 20.8 Å². The first-order valence-electron chi connectivity index (χ1n) is 9.63. The summed E-state index contributed by atoms with van der Waals surface area (Å²) in [7, 11) is 3.45. The minimum Gasteiger partial charge on any atom is -0.463 e. The number of esters is 1. The van der Waals surface area contributed by atoms with Crippen molar-refractivity contribution in [2.24, 2.45) is 16.2 Å². The molecule has 0 saturated heterocycles. The van der Waals surface area contributed by atoms with E-state index in [2.05, 4.69) is 15.7 Å². The molecule has 0 bridgehead atoms. The summed E-state index contributed by atoms with van der Waals surface area (Å²) in [6, 6.07) is 13.3. The molecule has 3 rings (SSSR count). The normalized spacial score (nSPS) is 15.6. The first-order valence-corrected chi connectivity index (χ1v) is 9.63. The quantitative estimate of drug-likeness (QED) is 0.341. The van der Waals surface area contributed by atoms with Crippen LogP contribution in [0.1, 0.15) is 29.3 Å². The number of hydrogen-bond acceptors (Lipinski definition) is 6. The minimum absolute atomic E-state index is 0.0465. The van der Waals surface area contributed by atoms with Gasteiger partial charge in [0, 0.05) is 37.3 Å². The molecular weight excluding hydrogens is 382 g/mol. The lowest BCUT2D eigenvalue weighted by Gasteiger charge is -2.14. The zero-order chi connectivity index (χ0) is 21.7. The number of carbonyl (C=O) groups excluding carboxylic acids is 2. The topological polar surface area (TPSA) is 109 Å². The maximum atomic E-state index is 12.4. The van der Waals surface area contributed by atoms with Gasteiger partial charge in [-0.3, -0.25) is 4.79 Å². The summed E-state index contributed by atoms with van der Waals surface area (Å²) in [5.74, 6) is 4.78. The lowest BCUT2D eigenvalue weighted by molar-refractivity contribution is -0.138. The number of nitrogens with one attached hydrogen (secondary N) is 1. The lowest BCUT2D eigenvalue weighted by Crippen LogP contribution is -2.21. The van der Waals surface area contributed by atoms with Gasteiger partial charge in [-0.1, -0.05) is 23.4 Å². The van der Waals surface area contributed by atoms with Crippen LogP contribution < -0.4 is 11.2 Å². The van der Waals surface area contributed by atoms with Crippen molar-refractivity contribution in [3.8, 4) is 11.1 Å². The molecule has 1 unspecified atom stereocenters. The summed E-state index contributed by atoms with van der Waals surface area (Å²) in [6.07, 6.45) is 1.65. The van der Waals surface area contributed by atoms with Crippen LogP contribution in [0.3, 0.4) is 0 Å². The molecule has 0 aromatic heterocycles. The fraction of sp³-hybridized carbons (Fsp3) is 0.273. The van der Waals surface area contributed by atoms with Gasteiger partial charge in [0.15, 0.2) is 0 Å². The predicted molar refractivity (Wildman–Crippen MR) is 116 cm³/mol. The van der Waals surface area contributed by atoms with Crippen LogP contribution in [0.2, 0.25) is 0 Å². The van der Waals surface area contributed by atoms with Crippen LogP contribution in [0, 0.1) is 0 Å². The fourth-order valence-corrected chi connectivity index (χ4v) is 3.26. The number of carbonyl (C=O) groups is 2. The van der Waals surface area contributed by atoms with E-state index >= 15 is 0 Å². The lowest BCUT2D eigenvalue weighted by atomic mass is 9.99. The van der Waals surface area contributed by atoms with Crippen LogP contribution in [0.5, 0.6) is 0 Å². The van der Waals surface area contributed by atoms with Crippen molar-refractivity contribution in [2.75, 3.05) is 26.0 Å². The maximum absolute atomic E-state index is 12.4. The average Bonchev–Trinajstić information content (AvgIpc) is 2.92. The van der Waals surface area contributed by atoms with Gasteiger partial charge in [-0.2, -0.15) is 0 Å². The molecule has 2 aromatic rings. The highest BCUT2D eigenvalue weighted by Gasteiger charge is 2.22. The average molecular weight is 407 g/mol. The first-order chi connectivity index (χ1) is 14.4. The SMILES string of the molecule is CCOC(=O)C1=Cc2cc(-c3ccc(C(=O)N(C)C)cc3)ccc2NC(N=NN)C1. The molecule has 0 spiro atoms. The molecular formula is C22H25N5O3.